The third-order valence-electron chi connectivity index (χ3n) is 3.83. The molecule has 20 heavy (non-hydrogen) atoms. The number of nitrogens with one attached hydrogen (secondary N) is 2. The van der Waals surface area contributed by atoms with Gasteiger partial charge < -0.3 is 10.6 Å². The van der Waals surface area contributed by atoms with E-state index in [1.807, 2.05) is 0 Å². The minimum Gasteiger partial charge on any atom is -0.354 e. The zero-order valence-corrected chi connectivity index (χ0v) is 11.6. The summed E-state index contributed by atoms with van der Waals surface area (Å²) < 4.78 is 26.5. The van der Waals surface area contributed by atoms with Gasteiger partial charge in [0.25, 0.3) is 0 Å². The Bertz CT molecular complexity index is 479. The van der Waals surface area contributed by atoms with Crippen molar-refractivity contribution in [2.45, 2.75) is 32.2 Å². The lowest BCUT2D eigenvalue weighted by Gasteiger charge is -2.30. The van der Waals surface area contributed by atoms with Gasteiger partial charge in [0.1, 0.15) is 0 Å². The Hall–Kier alpha value is -1.49. The number of halogens is 2. The van der Waals surface area contributed by atoms with E-state index in [0.717, 1.165) is 25.5 Å². The van der Waals surface area contributed by atoms with Crippen molar-refractivity contribution in [3.63, 3.8) is 0 Å². The van der Waals surface area contributed by atoms with E-state index in [4.69, 9.17) is 0 Å². The van der Waals surface area contributed by atoms with Crippen LogP contribution < -0.4 is 10.6 Å². The van der Waals surface area contributed by atoms with Crippen molar-refractivity contribution in [3.05, 3.63) is 35.4 Å². The van der Waals surface area contributed by atoms with E-state index in [0.29, 0.717) is 12.5 Å². The fourth-order valence-electron chi connectivity index (χ4n) is 2.53. The van der Waals surface area contributed by atoms with E-state index in [2.05, 4.69) is 17.6 Å². The van der Waals surface area contributed by atoms with Crippen molar-refractivity contribution in [1.29, 1.82) is 0 Å². The van der Waals surface area contributed by atoms with Crippen LogP contribution in [0.3, 0.4) is 0 Å². The van der Waals surface area contributed by atoms with Crippen LogP contribution in [0, 0.1) is 17.6 Å². The van der Waals surface area contributed by atoms with Gasteiger partial charge in [-0.25, -0.2) is 8.78 Å². The fraction of sp³-hybridized carbons (Fsp3) is 0.533. The van der Waals surface area contributed by atoms with Crippen molar-refractivity contribution in [2.24, 2.45) is 5.92 Å². The first kappa shape index (κ1) is 14.9. The number of rotatable bonds is 4. The first-order chi connectivity index (χ1) is 9.58. The highest BCUT2D eigenvalue weighted by atomic mass is 19.2. The highest BCUT2D eigenvalue weighted by molar-refractivity contribution is 5.78. The predicted molar refractivity (Wildman–Crippen MR) is 73.3 cm³/mol. The number of benzene rings is 1. The van der Waals surface area contributed by atoms with E-state index in [1.165, 1.54) is 12.1 Å². The lowest BCUT2D eigenvalue weighted by molar-refractivity contribution is -0.120. The molecule has 1 aliphatic rings. The van der Waals surface area contributed by atoms with Crippen LogP contribution in [0.15, 0.2) is 18.2 Å². The quantitative estimate of drug-likeness (QED) is 0.887. The summed E-state index contributed by atoms with van der Waals surface area (Å²) in [4.78, 5) is 11.8. The molecule has 0 spiro atoms. The molecule has 1 heterocycles. The maximum Gasteiger partial charge on any atom is 0.224 e. The number of carbonyl (C=O) groups is 1. The number of carbonyl (C=O) groups excluding carboxylic acids is 1. The Kier molecular flexibility index (Phi) is 5.06. The summed E-state index contributed by atoms with van der Waals surface area (Å²) in [6.45, 7) is 3.63. The number of hydrogen-bond acceptors (Lipinski definition) is 2. The van der Waals surface area contributed by atoms with Crippen LogP contribution in [0.2, 0.25) is 0 Å². The Morgan fingerprint density at radius 3 is 3.00 bits per heavy atom. The normalized spacial score (nSPS) is 22.6. The minimum absolute atomic E-state index is 0.0900. The average Bonchev–Trinajstić information content (AvgIpc) is 2.43. The average molecular weight is 282 g/mol. The van der Waals surface area contributed by atoms with Gasteiger partial charge in [-0.1, -0.05) is 19.1 Å². The van der Waals surface area contributed by atoms with Crippen molar-refractivity contribution in [1.82, 2.24) is 10.6 Å². The van der Waals surface area contributed by atoms with Crippen molar-refractivity contribution >= 4 is 5.91 Å². The van der Waals surface area contributed by atoms with Gasteiger partial charge in [0.2, 0.25) is 5.91 Å². The van der Waals surface area contributed by atoms with Crippen LogP contribution >= 0.6 is 0 Å². The molecule has 3 nitrogen and oxygen atoms in total. The zero-order valence-electron chi connectivity index (χ0n) is 11.6. The molecular weight excluding hydrogens is 262 g/mol. The van der Waals surface area contributed by atoms with Crippen LogP contribution in [0.25, 0.3) is 0 Å². The Morgan fingerprint density at radius 2 is 2.25 bits per heavy atom. The van der Waals surface area contributed by atoms with Crippen LogP contribution in [0.5, 0.6) is 0 Å². The summed E-state index contributed by atoms with van der Waals surface area (Å²) in [7, 11) is 0. The number of amides is 1. The van der Waals surface area contributed by atoms with Gasteiger partial charge in [-0.2, -0.15) is 0 Å². The van der Waals surface area contributed by atoms with Gasteiger partial charge in [-0.15, -0.1) is 0 Å². The van der Waals surface area contributed by atoms with E-state index in [-0.39, 0.29) is 23.9 Å². The molecular formula is C15H20F2N2O. The van der Waals surface area contributed by atoms with Crippen molar-refractivity contribution in [2.75, 3.05) is 13.1 Å². The largest absolute Gasteiger partial charge is 0.354 e. The van der Waals surface area contributed by atoms with Gasteiger partial charge in [-0.05, 0) is 31.4 Å². The predicted octanol–water partition coefficient (Wildman–Crippen LogP) is 2.01. The second kappa shape index (κ2) is 6.79. The van der Waals surface area contributed by atoms with Crippen molar-refractivity contribution in [3.8, 4) is 0 Å². The highest BCUT2D eigenvalue weighted by Gasteiger charge is 2.21. The Labute approximate surface area is 117 Å². The molecule has 1 aromatic rings. The molecule has 1 aliphatic heterocycles. The summed E-state index contributed by atoms with van der Waals surface area (Å²) in [6.07, 6.45) is 2.16. The summed E-state index contributed by atoms with van der Waals surface area (Å²) in [5.74, 6) is -1.63. The molecule has 2 rings (SSSR count). The van der Waals surface area contributed by atoms with Crippen LogP contribution in [-0.2, 0) is 11.2 Å². The Balaban J connectivity index is 1.85. The SMILES string of the molecule is CC1CCCNC1CNC(=O)Cc1cccc(F)c1F. The molecule has 0 aliphatic carbocycles. The standard InChI is InChI=1S/C15H20F2N2O/c1-10-4-3-7-18-13(10)9-19-14(20)8-11-5-2-6-12(16)15(11)17/h2,5-6,10,13,18H,3-4,7-9H2,1H3,(H,19,20). The molecule has 1 saturated heterocycles. The highest BCUT2D eigenvalue weighted by Crippen LogP contribution is 2.15. The molecule has 0 radical (unpaired) electrons. The third kappa shape index (κ3) is 3.76. The Morgan fingerprint density at radius 1 is 1.45 bits per heavy atom. The molecule has 0 bridgehead atoms. The molecule has 110 valence electrons. The molecule has 5 heteroatoms. The van der Waals surface area contributed by atoms with Gasteiger partial charge in [0.15, 0.2) is 11.6 Å². The van der Waals surface area contributed by atoms with Crippen molar-refractivity contribution < 1.29 is 13.6 Å². The second-order valence-electron chi connectivity index (χ2n) is 5.37. The first-order valence-electron chi connectivity index (χ1n) is 7.01. The molecule has 0 saturated carbocycles. The van der Waals surface area contributed by atoms with E-state index < -0.39 is 11.6 Å². The van der Waals surface area contributed by atoms with Crippen LogP contribution in [-0.4, -0.2) is 25.0 Å². The van der Waals surface area contributed by atoms with Gasteiger partial charge in [0, 0.05) is 18.2 Å². The minimum atomic E-state index is -0.938. The number of hydrogen-bond donors (Lipinski definition) is 2. The van der Waals surface area contributed by atoms with Gasteiger partial charge in [0.05, 0.1) is 6.42 Å². The summed E-state index contributed by atoms with van der Waals surface area (Å²) in [5.41, 5.74) is 0.0900. The first-order valence-corrected chi connectivity index (χ1v) is 7.01. The molecule has 2 unspecified atom stereocenters. The second-order valence-corrected chi connectivity index (χ2v) is 5.37. The maximum atomic E-state index is 13.5. The summed E-state index contributed by atoms with van der Waals surface area (Å²) in [5, 5.41) is 6.15. The summed E-state index contributed by atoms with van der Waals surface area (Å²) >= 11 is 0. The molecule has 1 amide bonds. The smallest absolute Gasteiger partial charge is 0.224 e. The van der Waals surface area contributed by atoms with Crippen LogP contribution in [0.4, 0.5) is 8.78 Å². The molecule has 1 fully saturated rings. The van der Waals surface area contributed by atoms with Crippen LogP contribution in [0.1, 0.15) is 25.3 Å². The molecule has 1 aromatic carbocycles. The monoisotopic (exact) mass is 282 g/mol. The fourth-order valence-corrected chi connectivity index (χ4v) is 2.53. The number of piperidine rings is 1. The third-order valence-corrected chi connectivity index (χ3v) is 3.83. The van der Waals surface area contributed by atoms with E-state index >= 15 is 0 Å². The van der Waals surface area contributed by atoms with E-state index in [1.54, 1.807) is 0 Å². The lowest BCUT2D eigenvalue weighted by Crippen LogP contribution is -2.48. The zero-order chi connectivity index (χ0) is 14.5. The molecule has 2 N–H and O–H groups in total. The van der Waals surface area contributed by atoms with Gasteiger partial charge in [-0.3, -0.25) is 4.79 Å². The molecule has 2 atom stereocenters. The van der Waals surface area contributed by atoms with Gasteiger partial charge >= 0.3 is 0 Å². The van der Waals surface area contributed by atoms with E-state index in [9.17, 15) is 13.6 Å². The topological polar surface area (TPSA) is 41.1 Å². The lowest BCUT2D eigenvalue weighted by atomic mass is 9.93. The molecule has 0 aromatic heterocycles. The summed E-state index contributed by atoms with van der Waals surface area (Å²) in [6, 6.07) is 4.14. The maximum absolute atomic E-state index is 13.5.